The number of methoxy groups -OCH3 is 1. The Morgan fingerprint density at radius 3 is 2.95 bits per heavy atom. The molecule has 0 bridgehead atoms. The Labute approximate surface area is 117 Å². The average molecular weight is 274 g/mol. The number of nitrogens with one attached hydrogen (secondary N) is 1. The largest absolute Gasteiger partial charge is 0.495 e. The number of fused-ring (bicyclic) bond motifs is 1. The number of hydrogen-bond acceptors (Lipinski definition) is 4. The van der Waals surface area contributed by atoms with E-state index in [-0.39, 0.29) is 0 Å². The molecular formula is C15H18N2OS. The molecule has 1 aromatic heterocycles. The molecule has 100 valence electrons. The van der Waals surface area contributed by atoms with Crippen LogP contribution in [0.1, 0.15) is 28.4 Å². The van der Waals surface area contributed by atoms with Gasteiger partial charge in [0.2, 0.25) is 0 Å². The second-order valence-corrected chi connectivity index (χ2v) is 5.91. The van der Waals surface area contributed by atoms with Crippen molar-refractivity contribution in [2.24, 2.45) is 0 Å². The molecule has 1 N–H and O–H groups in total. The van der Waals surface area contributed by atoms with Crippen molar-refractivity contribution < 1.29 is 4.74 Å². The SMILES string of the molecule is COc1ccccc1NCc1nc2c(s1)CCCC2. The van der Waals surface area contributed by atoms with Gasteiger partial charge < -0.3 is 10.1 Å². The molecule has 0 spiro atoms. The van der Waals surface area contributed by atoms with Crippen LogP contribution in [0.15, 0.2) is 24.3 Å². The number of para-hydroxylation sites is 2. The summed E-state index contributed by atoms with van der Waals surface area (Å²) in [4.78, 5) is 6.23. The van der Waals surface area contributed by atoms with E-state index >= 15 is 0 Å². The van der Waals surface area contributed by atoms with Gasteiger partial charge in [-0.15, -0.1) is 11.3 Å². The zero-order valence-corrected chi connectivity index (χ0v) is 11.9. The van der Waals surface area contributed by atoms with E-state index < -0.39 is 0 Å². The number of aryl methyl sites for hydroxylation is 2. The first-order chi connectivity index (χ1) is 9.36. The molecule has 2 aromatic rings. The summed E-state index contributed by atoms with van der Waals surface area (Å²) in [5, 5.41) is 4.59. The maximum atomic E-state index is 5.34. The summed E-state index contributed by atoms with van der Waals surface area (Å²) >= 11 is 1.85. The Morgan fingerprint density at radius 1 is 1.26 bits per heavy atom. The minimum absolute atomic E-state index is 0.776. The van der Waals surface area contributed by atoms with E-state index in [1.807, 2.05) is 35.6 Å². The summed E-state index contributed by atoms with van der Waals surface area (Å²) in [5.74, 6) is 0.879. The van der Waals surface area contributed by atoms with Crippen molar-refractivity contribution in [2.45, 2.75) is 32.2 Å². The molecule has 0 saturated heterocycles. The lowest BCUT2D eigenvalue weighted by Gasteiger charge is -2.09. The highest BCUT2D eigenvalue weighted by molar-refractivity contribution is 7.11. The van der Waals surface area contributed by atoms with Crippen LogP contribution < -0.4 is 10.1 Å². The van der Waals surface area contributed by atoms with E-state index in [0.717, 1.165) is 24.4 Å². The Bertz CT molecular complexity index is 542. The van der Waals surface area contributed by atoms with Gasteiger partial charge in [-0.1, -0.05) is 12.1 Å². The van der Waals surface area contributed by atoms with Crippen LogP contribution >= 0.6 is 11.3 Å². The van der Waals surface area contributed by atoms with Crippen LogP contribution in [0.3, 0.4) is 0 Å². The molecule has 19 heavy (non-hydrogen) atoms. The van der Waals surface area contributed by atoms with Crippen molar-refractivity contribution >= 4 is 17.0 Å². The average Bonchev–Trinajstić information content (AvgIpc) is 2.88. The molecule has 0 unspecified atom stereocenters. The molecule has 1 aromatic carbocycles. The van der Waals surface area contributed by atoms with E-state index in [2.05, 4.69) is 5.32 Å². The quantitative estimate of drug-likeness (QED) is 0.924. The van der Waals surface area contributed by atoms with Crippen LogP contribution in [-0.2, 0) is 19.4 Å². The van der Waals surface area contributed by atoms with Crippen molar-refractivity contribution in [1.82, 2.24) is 4.98 Å². The highest BCUT2D eigenvalue weighted by Gasteiger charge is 2.14. The first-order valence-electron chi connectivity index (χ1n) is 6.71. The third-order valence-corrected chi connectivity index (χ3v) is 4.58. The van der Waals surface area contributed by atoms with E-state index in [1.54, 1.807) is 7.11 Å². The third-order valence-electron chi connectivity index (χ3n) is 3.43. The second-order valence-electron chi connectivity index (χ2n) is 4.74. The van der Waals surface area contributed by atoms with Gasteiger partial charge in [0, 0.05) is 4.88 Å². The summed E-state index contributed by atoms with van der Waals surface area (Å²) in [6.07, 6.45) is 4.97. The fourth-order valence-corrected chi connectivity index (χ4v) is 3.54. The van der Waals surface area contributed by atoms with Crippen LogP contribution in [-0.4, -0.2) is 12.1 Å². The van der Waals surface area contributed by atoms with Gasteiger partial charge >= 0.3 is 0 Å². The molecule has 1 heterocycles. The number of hydrogen-bond donors (Lipinski definition) is 1. The number of nitrogens with zero attached hydrogens (tertiary/aromatic N) is 1. The second kappa shape index (κ2) is 5.61. The first kappa shape index (κ1) is 12.5. The summed E-state index contributed by atoms with van der Waals surface area (Å²) in [6.45, 7) is 0.776. The predicted octanol–water partition coefficient (Wildman–Crippen LogP) is 3.64. The monoisotopic (exact) mass is 274 g/mol. The molecule has 0 aliphatic heterocycles. The molecule has 0 fully saturated rings. The van der Waals surface area contributed by atoms with Crippen LogP contribution in [0.25, 0.3) is 0 Å². The van der Waals surface area contributed by atoms with Gasteiger partial charge in [-0.2, -0.15) is 0 Å². The smallest absolute Gasteiger partial charge is 0.141 e. The molecule has 4 heteroatoms. The lowest BCUT2D eigenvalue weighted by Crippen LogP contribution is -2.02. The number of aromatic nitrogens is 1. The molecule has 0 radical (unpaired) electrons. The number of ether oxygens (including phenoxy) is 1. The summed E-state index contributed by atoms with van der Waals surface area (Å²) in [5.41, 5.74) is 2.35. The Kier molecular flexibility index (Phi) is 3.69. The summed E-state index contributed by atoms with van der Waals surface area (Å²) in [6, 6.07) is 7.99. The lowest BCUT2D eigenvalue weighted by molar-refractivity contribution is 0.416. The molecule has 0 atom stereocenters. The van der Waals surface area contributed by atoms with Gasteiger partial charge in [-0.25, -0.2) is 4.98 Å². The van der Waals surface area contributed by atoms with Crippen molar-refractivity contribution in [3.63, 3.8) is 0 Å². The highest BCUT2D eigenvalue weighted by atomic mass is 32.1. The van der Waals surface area contributed by atoms with Crippen LogP contribution in [0.5, 0.6) is 5.75 Å². The van der Waals surface area contributed by atoms with Gasteiger partial charge in [0.15, 0.2) is 0 Å². The lowest BCUT2D eigenvalue weighted by atomic mass is 10.0. The van der Waals surface area contributed by atoms with Crippen LogP contribution in [0.2, 0.25) is 0 Å². The van der Waals surface area contributed by atoms with E-state index in [4.69, 9.17) is 9.72 Å². The number of anilines is 1. The van der Waals surface area contributed by atoms with Crippen molar-refractivity contribution in [2.75, 3.05) is 12.4 Å². The topological polar surface area (TPSA) is 34.1 Å². The third kappa shape index (κ3) is 2.73. The zero-order valence-electron chi connectivity index (χ0n) is 11.1. The van der Waals surface area contributed by atoms with Crippen molar-refractivity contribution in [3.8, 4) is 5.75 Å². The summed E-state index contributed by atoms with van der Waals surface area (Å²) < 4.78 is 5.34. The Balaban J connectivity index is 1.70. The zero-order chi connectivity index (χ0) is 13.1. The first-order valence-corrected chi connectivity index (χ1v) is 7.53. The van der Waals surface area contributed by atoms with Gasteiger partial charge in [0.1, 0.15) is 10.8 Å². The fraction of sp³-hybridized carbons (Fsp3) is 0.400. The molecule has 3 rings (SSSR count). The van der Waals surface area contributed by atoms with E-state index in [0.29, 0.717) is 0 Å². The van der Waals surface area contributed by atoms with Crippen LogP contribution in [0.4, 0.5) is 5.69 Å². The van der Waals surface area contributed by atoms with Crippen LogP contribution in [0, 0.1) is 0 Å². The Morgan fingerprint density at radius 2 is 2.11 bits per heavy atom. The minimum atomic E-state index is 0.776. The molecule has 0 saturated carbocycles. The standard InChI is InChI=1S/C15H18N2OS/c1-18-13-8-4-2-6-11(13)16-10-15-17-12-7-3-5-9-14(12)19-15/h2,4,6,8,16H,3,5,7,9-10H2,1H3. The summed E-state index contributed by atoms with van der Waals surface area (Å²) in [7, 11) is 1.70. The number of thiazole rings is 1. The molecular weight excluding hydrogens is 256 g/mol. The maximum absolute atomic E-state index is 5.34. The minimum Gasteiger partial charge on any atom is -0.495 e. The van der Waals surface area contributed by atoms with Gasteiger partial charge in [-0.3, -0.25) is 0 Å². The van der Waals surface area contributed by atoms with E-state index in [1.165, 1.54) is 34.8 Å². The molecule has 0 amide bonds. The van der Waals surface area contributed by atoms with Gasteiger partial charge in [0.05, 0.1) is 25.0 Å². The normalized spacial score (nSPS) is 13.9. The Hall–Kier alpha value is -1.55. The number of benzene rings is 1. The maximum Gasteiger partial charge on any atom is 0.141 e. The van der Waals surface area contributed by atoms with Crippen molar-refractivity contribution in [1.29, 1.82) is 0 Å². The molecule has 1 aliphatic carbocycles. The highest BCUT2D eigenvalue weighted by Crippen LogP contribution is 2.28. The fourth-order valence-electron chi connectivity index (χ4n) is 2.44. The van der Waals surface area contributed by atoms with Crippen molar-refractivity contribution in [3.05, 3.63) is 39.8 Å². The molecule has 3 nitrogen and oxygen atoms in total. The predicted molar refractivity (Wildman–Crippen MR) is 79.1 cm³/mol. The van der Waals surface area contributed by atoms with Gasteiger partial charge in [-0.05, 0) is 37.8 Å². The van der Waals surface area contributed by atoms with E-state index in [9.17, 15) is 0 Å². The number of rotatable bonds is 4. The van der Waals surface area contributed by atoms with Gasteiger partial charge in [0.25, 0.3) is 0 Å². The molecule has 1 aliphatic rings.